The third-order valence-corrected chi connectivity index (χ3v) is 6.27. The SMILES string of the molecule is C=CCn1c(=O)c2cnc(NC34CC(C3)C4)nc2n1-c1cccc(N=S(C)(C)=O)n1. The Balaban J connectivity index is 1.68. The van der Waals surface area contributed by atoms with Crippen molar-refractivity contribution < 1.29 is 4.21 Å². The average Bonchev–Trinajstić information content (AvgIpc) is 2.88. The summed E-state index contributed by atoms with van der Waals surface area (Å²) in [4.78, 5) is 26.6. The van der Waals surface area contributed by atoms with E-state index in [1.54, 1.807) is 47.7 Å². The molecular formula is C20H23N7O2S. The van der Waals surface area contributed by atoms with Gasteiger partial charge < -0.3 is 5.32 Å². The zero-order chi connectivity index (χ0) is 21.1. The van der Waals surface area contributed by atoms with Gasteiger partial charge >= 0.3 is 0 Å². The lowest BCUT2D eigenvalue weighted by Gasteiger charge is -2.61. The van der Waals surface area contributed by atoms with Gasteiger partial charge in [-0.25, -0.2) is 23.5 Å². The topological polar surface area (TPSA) is 107 Å². The van der Waals surface area contributed by atoms with Gasteiger partial charge in [-0.05, 0) is 37.3 Å². The van der Waals surface area contributed by atoms with Gasteiger partial charge in [0.2, 0.25) is 5.95 Å². The maximum atomic E-state index is 13.0. The number of anilines is 1. The molecule has 9 nitrogen and oxygen atoms in total. The summed E-state index contributed by atoms with van der Waals surface area (Å²) in [7, 11) is -2.37. The van der Waals surface area contributed by atoms with Crippen LogP contribution in [0.1, 0.15) is 19.3 Å². The molecule has 0 spiro atoms. The lowest BCUT2D eigenvalue weighted by molar-refractivity contribution is 0.00148. The van der Waals surface area contributed by atoms with Gasteiger partial charge in [0, 0.05) is 34.0 Å². The van der Waals surface area contributed by atoms with Gasteiger partial charge in [0.15, 0.2) is 17.3 Å². The molecule has 3 saturated carbocycles. The summed E-state index contributed by atoms with van der Waals surface area (Å²) in [6, 6.07) is 5.21. The van der Waals surface area contributed by atoms with Crippen molar-refractivity contribution in [3.05, 3.63) is 47.4 Å². The number of nitrogens with one attached hydrogen (secondary N) is 1. The number of hydrogen-bond donors (Lipinski definition) is 1. The number of aromatic nitrogens is 5. The molecule has 0 atom stereocenters. The zero-order valence-electron chi connectivity index (χ0n) is 16.9. The van der Waals surface area contributed by atoms with Crippen LogP contribution < -0.4 is 10.9 Å². The predicted octanol–water partition coefficient (Wildman–Crippen LogP) is 2.49. The quantitative estimate of drug-likeness (QED) is 0.608. The minimum atomic E-state index is -2.37. The fourth-order valence-corrected chi connectivity index (χ4v) is 4.84. The molecule has 3 aromatic rings. The second kappa shape index (κ2) is 6.49. The summed E-state index contributed by atoms with van der Waals surface area (Å²) < 4.78 is 19.4. The molecule has 1 N–H and O–H groups in total. The van der Waals surface area contributed by atoms with Gasteiger partial charge in [-0.15, -0.1) is 6.58 Å². The van der Waals surface area contributed by atoms with Crippen LogP contribution in [0.25, 0.3) is 16.9 Å². The van der Waals surface area contributed by atoms with Crippen LogP contribution in [0.5, 0.6) is 0 Å². The van der Waals surface area contributed by atoms with Gasteiger partial charge in [-0.3, -0.25) is 4.79 Å². The molecule has 2 bridgehead atoms. The standard InChI is InChI=1S/C20H23N7O2S/c1-4-8-26-18(28)14-12-21-19(24-20-9-13(10-20)11-20)23-17(14)27(26)16-7-5-6-15(22-16)25-30(2,3)29/h4-7,12-13H,1,8-11H2,2-3H3,(H,21,23,24). The Morgan fingerprint density at radius 1 is 1.33 bits per heavy atom. The van der Waals surface area contributed by atoms with Crippen LogP contribution in [0, 0.1) is 5.92 Å². The Labute approximate surface area is 174 Å². The van der Waals surface area contributed by atoms with E-state index in [4.69, 9.17) is 0 Å². The minimum absolute atomic E-state index is 0.118. The highest BCUT2D eigenvalue weighted by molar-refractivity contribution is 7.92. The smallest absolute Gasteiger partial charge is 0.278 e. The lowest BCUT2D eigenvalue weighted by Crippen LogP contribution is -2.63. The van der Waals surface area contributed by atoms with Gasteiger partial charge in [0.05, 0.1) is 6.54 Å². The van der Waals surface area contributed by atoms with Crippen molar-refractivity contribution in [2.75, 3.05) is 17.8 Å². The summed E-state index contributed by atoms with van der Waals surface area (Å²) in [5.74, 6) is 2.14. The molecule has 3 heterocycles. The Kier molecular flexibility index (Phi) is 4.11. The molecule has 0 aliphatic heterocycles. The van der Waals surface area contributed by atoms with Crippen LogP contribution >= 0.6 is 0 Å². The first kappa shape index (κ1) is 19.0. The van der Waals surface area contributed by atoms with Crippen molar-refractivity contribution in [1.82, 2.24) is 24.3 Å². The van der Waals surface area contributed by atoms with Gasteiger partial charge in [-0.1, -0.05) is 12.1 Å². The van der Waals surface area contributed by atoms with Crippen LogP contribution in [0.4, 0.5) is 11.8 Å². The fraction of sp³-hybridized carbons (Fsp3) is 0.400. The summed E-state index contributed by atoms with van der Waals surface area (Å²) in [5, 5.41) is 3.85. The molecule has 0 unspecified atom stereocenters. The summed E-state index contributed by atoms with van der Waals surface area (Å²) in [6.45, 7) is 4.04. The first-order valence-corrected chi connectivity index (χ1v) is 12.1. The third-order valence-electron chi connectivity index (χ3n) is 5.64. The number of pyridine rings is 1. The van der Waals surface area contributed by atoms with E-state index in [0.717, 1.165) is 25.2 Å². The summed E-state index contributed by atoms with van der Waals surface area (Å²) in [5.41, 5.74) is 0.359. The zero-order valence-corrected chi connectivity index (χ0v) is 17.7. The Morgan fingerprint density at radius 2 is 2.10 bits per heavy atom. The van der Waals surface area contributed by atoms with Crippen molar-refractivity contribution in [2.45, 2.75) is 31.3 Å². The molecule has 30 heavy (non-hydrogen) atoms. The van der Waals surface area contributed by atoms with Crippen LogP contribution in [-0.4, -0.2) is 46.6 Å². The molecule has 10 heteroatoms. The van der Waals surface area contributed by atoms with Crippen molar-refractivity contribution in [3.8, 4) is 5.82 Å². The number of hydrogen-bond acceptors (Lipinski definition) is 7. The second-order valence-corrected chi connectivity index (χ2v) is 11.0. The van der Waals surface area contributed by atoms with Crippen molar-refractivity contribution >= 4 is 32.5 Å². The largest absolute Gasteiger partial charge is 0.349 e. The first-order valence-electron chi connectivity index (χ1n) is 9.79. The normalized spacial score (nSPS) is 22.3. The average molecular weight is 426 g/mol. The van der Waals surface area contributed by atoms with Crippen LogP contribution in [0.2, 0.25) is 0 Å². The van der Waals surface area contributed by atoms with Gasteiger partial charge in [0.25, 0.3) is 5.56 Å². The molecule has 3 aliphatic carbocycles. The Hall–Kier alpha value is -3.01. The van der Waals surface area contributed by atoms with Crippen molar-refractivity contribution in [1.29, 1.82) is 0 Å². The maximum absolute atomic E-state index is 13.0. The molecule has 3 aliphatic rings. The number of allylic oxidation sites excluding steroid dienone is 1. The summed E-state index contributed by atoms with van der Waals surface area (Å²) in [6.07, 6.45) is 9.76. The van der Waals surface area contributed by atoms with E-state index in [-0.39, 0.29) is 17.6 Å². The molecule has 0 radical (unpaired) electrons. The highest BCUT2D eigenvalue weighted by atomic mass is 32.2. The van der Waals surface area contributed by atoms with Gasteiger partial charge in [0.1, 0.15) is 5.39 Å². The van der Waals surface area contributed by atoms with E-state index in [2.05, 4.69) is 31.2 Å². The monoisotopic (exact) mass is 425 g/mol. The molecule has 0 amide bonds. The van der Waals surface area contributed by atoms with E-state index in [1.807, 2.05) is 0 Å². The van der Waals surface area contributed by atoms with Crippen molar-refractivity contribution in [2.24, 2.45) is 10.3 Å². The molecule has 0 saturated heterocycles. The van der Waals surface area contributed by atoms with Gasteiger partial charge in [-0.2, -0.15) is 9.35 Å². The second-order valence-electron chi connectivity index (χ2n) is 8.43. The highest BCUT2D eigenvalue weighted by Crippen LogP contribution is 2.58. The molecular weight excluding hydrogens is 402 g/mol. The Bertz CT molecular complexity index is 1340. The molecule has 6 rings (SSSR count). The first-order chi connectivity index (χ1) is 14.3. The Morgan fingerprint density at radius 3 is 2.73 bits per heavy atom. The van der Waals surface area contributed by atoms with E-state index in [9.17, 15) is 9.00 Å². The lowest BCUT2D eigenvalue weighted by atomic mass is 9.50. The van der Waals surface area contributed by atoms with Crippen molar-refractivity contribution in [3.63, 3.8) is 0 Å². The fourth-order valence-electron chi connectivity index (χ4n) is 4.28. The molecule has 156 valence electrons. The number of fused-ring (bicyclic) bond motifs is 1. The number of nitrogens with zero attached hydrogens (tertiary/aromatic N) is 6. The third kappa shape index (κ3) is 3.11. The van der Waals surface area contributed by atoms with Crippen LogP contribution in [0.15, 0.2) is 46.2 Å². The number of rotatable bonds is 6. The molecule has 0 aromatic carbocycles. The van der Waals surface area contributed by atoms with E-state index < -0.39 is 9.73 Å². The predicted molar refractivity (Wildman–Crippen MR) is 117 cm³/mol. The minimum Gasteiger partial charge on any atom is -0.349 e. The summed E-state index contributed by atoms with van der Waals surface area (Å²) >= 11 is 0. The van der Waals surface area contributed by atoms with E-state index >= 15 is 0 Å². The maximum Gasteiger partial charge on any atom is 0.278 e. The van der Waals surface area contributed by atoms with E-state index in [0.29, 0.717) is 28.6 Å². The van der Waals surface area contributed by atoms with Crippen LogP contribution in [0.3, 0.4) is 0 Å². The van der Waals surface area contributed by atoms with Crippen LogP contribution in [-0.2, 0) is 16.3 Å². The molecule has 3 aromatic heterocycles. The highest BCUT2D eigenvalue weighted by Gasteiger charge is 2.57. The van der Waals surface area contributed by atoms with E-state index in [1.165, 1.54) is 4.68 Å². The molecule has 3 fully saturated rings.